The minimum absolute atomic E-state index is 0.0926. The van der Waals surface area contributed by atoms with Crippen molar-refractivity contribution in [3.63, 3.8) is 0 Å². The number of sulfonamides is 1. The van der Waals surface area contributed by atoms with Crippen molar-refractivity contribution in [3.05, 3.63) is 101 Å². The van der Waals surface area contributed by atoms with Gasteiger partial charge in [0.25, 0.3) is 10.0 Å². The van der Waals surface area contributed by atoms with Gasteiger partial charge in [-0.05, 0) is 41.3 Å². The third-order valence-electron chi connectivity index (χ3n) is 5.59. The van der Waals surface area contributed by atoms with Crippen LogP contribution in [0.4, 0.5) is 5.69 Å². The third kappa shape index (κ3) is 4.65. The molecule has 3 aromatic carbocycles. The number of allylic oxidation sites excluding steroid dienone is 2. The molecule has 0 heterocycles. The van der Waals surface area contributed by atoms with Crippen molar-refractivity contribution < 1.29 is 17.9 Å². The summed E-state index contributed by atoms with van der Waals surface area (Å²) in [4.78, 5) is 13.2. The van der Waals surface area contributed by atoms with E-state index in [-0.39, 0.29) is 27.5 Å². The van der Waals surface area contributed by atoms with Gasteiger partial charge in [0.05, 0.1) is 29.1 Å². The van der Waals surface area contributed by atoms with Crippen molar-refractivity contribution in [2.45, 2.75) is 31.1 Å². The summed E-state index contributed by atoms with van der Waals surface area (Å²) in [5, 5.41) is 3.08. The van der Waals surface area contributed by atoms with E-state index >= 15 is 0 Å². The van der Waals surface area contributed by atoms with Crippen LogP contribution in [0.3, 0.4) is 0 Å². The molecule has 4 rings (SSSR count). The smallest absolute Gasteiger partial charge is 0.282 e. The average Bonchev–Trinajstić information content (AvgIpc) is 2.82. The van der Waals surface area contributed by atoms with Crippen molar-refractivity contribution in [1.82, 2.24) is 0 Å². The van der Waals surface area contributed by atoms with Crippen LogP contribution in [0, 0.1) is 0 Å². The lowest BCUT2D eigenvalue weighted by Crippen LogP contribution is -2.22. The predicted molar refractivity (Wildman–Crippen MR) is 134 cm³/mol. The lowest BCUT2D eigenvalue weighted by molar-refractivity contribution is 0.103. The van der Waals surface area contributed by atoms with E-state index in [0.29, 0.717) is 22.6 Å². The largest absolute Gasteiger partial charge is 0.495 e. The Kier molecular flexibility index (Phi) is 6.15. The van der Waals surface area contributed by atoms with Crippen molar-refractivity contribution in [3.8, 4) is 5.75 Å². The number of methoxy groups -OCH3 is 1. The Hall–Kier alpha value is -3.71. The van der Waals surface area contributed by atoms with Crippen LogP contribution in [-0.2, 0) is 15.4 Å². The fraction of sp³-hybridized carbons (Fsp3) is 0.185. The van der Waals surface area contributed by atoms with Gasteiger partial charge >= 0.3 is 0 Å². The topological polar surface area (TPSA) is 84.8 Å². The molecule has 1 aliphatic carbocycles. The zero-order valence-corrected chi connectivity index (χ0v) is 20.3. The second-order valence-electron chi connectivity index (χ2n) is 8.98. The summed E-state index contributed by atoms with van der Waals surface area (Å²) in [6, 6.07) is 20.8. The summed E-state index contributed by atoms with van der Waals surface area (Å²) in [7, 11) is -2.47. The SMILES string of the molecule is COc1ccccc1NC1=C/C(=N/S(=O)(=O)c2ccc(C(C)(C)C)cc2)c2ccccc2C1=O. The number of hydrogen-bond acceptors (Lipinski definition) is 5. The highest BCUT2D eigenvalue weighted by atomic mass is 32.2. The molecule has 1 N–H and O–H groups in total. The van der Waals surface area contributed by atoms with Gasteiger partial charge in [0.15, 0.2) is 0 Å². The normalized spacial score (nSPS) is 15.0. The molecular weight excluding hydrogens is 448 g/mol. The molecule has 3 aromatic rings. The molecule has 0 aromatic heterocycles. The van der Waals surface area contributed by atoms with E-state index in [1.54, 1.807) is 60.7 Å². The molecular formula is C27H26N2O4S. The van der Waals surface area contributed by atoms with Crippen molar-refractivity contribution in [1.29, 1.82) is 0 Å². The van der Waals surface area contributed by atoms with Crippen LogP contribution in [0.5, 0.6) is 5.75 Å². The first-order valence-corrected chi connectivity index (χ1v) is 12.3. The summed E-state index contributed by atoms with van der Waals surface area (Å²) < 4.78 is 35.8. The second kappa shape index (κ2) is 8.91. The van der Waals surface area contributed by atoms with E-state index in [1.807, 2.05) is 12.1 Å². The molecule has 0 radical (unpaired) electrons. The molecule has 0 atom stereocenters. The van der Waals surface area contributed by atoms with Gasteiger partial charge in [-0.3, -0.25) is 4.79 Å². The number of nitrogens with zero attached hydrogens (tertiary/aromatic N) is 1. The number of Topliss-reactive ketones (excluding diaryl/α,β-unsaturated/α-hetero) is 1. The average molecular weight is 475 g/mol. The van der Waals surface area contributed by atoms with Crippen molar-refractivity contribution in [2.75, 3.05) is 12.4 Å². The Morgan fingerprint density at radius 3 is 2.12 bits per heavy atom. The summed E-state index contributed by atoms with van der Waals surface area (Å²) in [5.74, 6) is 0.299. The highest BCUT2D eigenvalue weighted by Crippen LogP contribution is 2.29. The van der Waals surface area contributed by atoms with Gasteiger partial charge in [0, 0.05) is 11.1 Å². The number of carbonyl (C=O) groups excluding carboxylic acids is 1. The number of fused-ring (bicyclic) bond motifs is 1. The van der Waals surface area contributed by atoms with Gasteiger partial charge in [-0.15, -0.1) is 0 Å². The first-order valence-electron chi connectivity index (χ1n) is 10.8. The first-order chi connectivity index (χ1) is 16.1. The zero-order valence-electron chi connectivity index (χ0n) is 19.5. The summed E-state index contributed by atoms with van der Waals surface area (Å²) in [6.07, 6.45) is 1.47. The van der Waals surface area contributed by atoms with E-state index in [1.165, 1.54) is 13.2 Å². The van der Waals surface area contributed by atoms with Crippen LogP contribution in [0.1, 0.15) is 42.3 Å². The number of hydrogen-bond donors (Lipinski definition) is 1. The fourth-order valence-corrected chi connectivity index (χ4v) is 4.70. The van der Waals surface area contributed by atoms with Crippen LogP contribution in [-0.4, -0.2) is 27.0 Å². The first kappa shape index (κ1) is 23.4. The molecule has 0 bridgehead atoms. The van der Waals surface area contributed by atoms with Crippen LogP contribution >= 0.6 is 0 Å². The molecule has 1 aliphatic rings. The Balaban J connectivity index is 1.78. The van der Waals surface area contributed by atoms with Gasteiger partial charge < -0.3 is 10.1 Å². The molecule has 7 heteroatoms. The van der Waals surface area contributed by atoms with Crippen LogP contribution in [0.15, 0.2) is 93.9 Å². The molecule has 0 amide bonds. The molecule has 34 heavy (non-hydrogen) atoms. The molecule has 0 saturated heterocycles. The van der Waals surface area contributed by atoms with Gasteiger partial charge in [0.1, 0.15) is 5.75 Å². The Morgan fingerprint density at radius 1 is 0.853 bits per heavy atom. The van der Waals surface area contributed by atoms with E-state index in [0.717, 1.165) is 5.56 Å². The van der Waals surface area contributed by atoms with Crippen LogP contribution in [0.25, 0.3) is 0 Å². The van der Waals surface area contributed by atoms with Gasteiger partial charge in [-0.1, -0.05) is 69.3 Å². The maximum atomic E-state index is 13.2. The number of nitrogens with one attached hydrogen (secondary N) is 1. The number of ether oxygens (including phenoxy) is 1. The van der Waals surface area contributed by atoms with E-state index in [2.05, 4.69) is 30.5 Å². The summed E-state index contributed by atoms with van der Waals surface area (Å²) >= 11 is 0. The van der Waals surface area contributed by atoms with Crippen LogP contribution in [0.2, 0.25) is 0 Å². The van der Waals surface area contributed by atoms with Crippen LogP contribution < -0.4 is 10.1 Å². The van der Waals surface area contributed by atoms with E-state index in [4.69, 9.17) is 4.74 Å². The number of ketones is 1. The number of anilines is 1. The Bertz CT molecular complexity index is 1410. The minimum Gasteiger partial charge on any atom is -0.495 e. The third-order valence-corrected chi connectivity index (χ3v) is 6.89. The molecule has 174 valence electrons. The lowest BCUT2D eigenvalue weighted by atomic mass is 9.87. The molecule has 0 unspecified atom stereocenters. The zero-order chi connectivity index (χ0) is 24.5. The maximum absolute atomic E-state index is 13.2. The van der Waals surface area contributed by atoms with E-state index in [9.17, 15) is 13.2 Å². The van der Waals surface area contributed by atoms with Gasteiger partial charge in [-0.2, -0.15) is 12.8 Å². The Labute approximate surface area is 200 Å². The quantitative estimate of drug-likeness (QED) is 0.538. The van der Waals surface area contributed by atoms with Gasteiger partial charge in [-0.25, -0.2) is 0 Å². The number of rotatable bonds is 5. The highest BCUT2D eigenvalue weighted by molar-refractivity contribution is 7.90. The minimum atomic E-state index is -4.01. The summed E-state index contributed by atoms with van der Waals surface area (Å²) in [5.41, 5.74) is 2.75. The standard InChI is InChI=1S/C27H26N2O4S/c1-27(2,3)18-13-15-19(16-14-18)34(31,32)29-23-17-24(26(30)21-10-6-5-9-20(21)23)28-22-11-7-8-12-25(22)33-4/h5-17,28H,1-4H3/b29-23-. The number of carbonyl (C=O) groups is 1. The van der Waals surface area contributed by atoms with E-state index < -0.39 is 10.0 Å². The maximum Gasteiger partial charge on any atom is 0.282 e. The second-order valence-corrected chi connectivity index (χ2v) is 10.6. The number of benzene rings is 3. The molecule has 0 fully saturated rings. The highest BCUT2D eigenvalue weighted by Gasteiger charge is 2.27. The predicted octanol–water partition coefficient (Wildman–Crippen LogP) is 5.36. The molecule has 0 aliphatic heterocycles. The summed E-state index contributed by atoms with van der Waals surface area (Å²) in [6.45, 7) is 6.19. The van der Waals surface area contributed by atoms with Gasteiger partial charge in [0.2, 0.25) is 5.78 Å². The fourth-order valence-electron chi connectivity index (χ4n) is 3.70. The van der Waals surface area contributed by atoms with Crippen molar-refractivity contribution >= 4 is 27.2 Å². The van der Waals surface area contributed by atoms with Crippen molar-refractivity contribution in [2.24, 2.45) is 4.40 Å². The Morgan fingerprint density at radius 2 is 1.47 bits per heavy atom. The molecule has 6 nitrogen and oxygen atoms in total. The molecule has 0 spiro atoms. The number of para-hydroxylation sites is 2. The lowest BCUT2D eigenvalue weighted by Gasteiger charge is -2.20. The monoisotopic (exact) mass is 474 g/mol. The molecule has 0 saturated carbocycles.